The first-order valence-electron chi connectivity index (χ1n) is 8.34. The number of aromatic nitrogens is 1. The van der Waals surface area contributed by atoms with Crippen LogP contribution in [0.4, 0.5) is 9.52 Å². The van der Waals surface area contributed by atoms with Crippen LogP contribution < -0.4 is 10.6 Å². The van der Waals surface area contributed by atoms with Gasteiger partial charge in [0.1, 0.15) is 5.82 Å². The third-order valence-electron chi connectivity index (χ3n) is 4.52. The summed E-state index contributed by atoms with van der Waals surface area (Å²) in [6.07, 6.45) is 2.86. The first kappa shape index (κ1) is 17.0. The van der Waals surface area contributed by atoms with E-state index in [2.05, 4.69) is 22.5 Å². The molecule has 1 aromatic heterocycles. The molecule has 2 atom stereocenters. The molecule has 0 saturated carbocycles. The van der Waals surface area contributed by atoms with Crippen LogP contribution in [0.3, 0.4) is 0 Å². The molecule has 24 heavy (non-hydrogen) atoms. The van der Waals surface area contributed by atoms with E-state index < -0.39 is 0 Å². The monoisotopic (exact) mass is 347 g/mol. The SMILES string of the molecule is CC(CC(=O)Nc1nc(-c2cccc(F)c2)cs1)C1CCCNC1. The third-order valence-corrected chi connectivity index (χ3v) is 5.28. The van der Waals surface area contributed by atoms with Gasteiger partial charge in [-0.05, 0) is 49.9 Å². The van der Waals surface area contributed by atoms with Crippen LogP contribution >= 0.6 is 11.3 Å². The van der Waals surface area contributed by atoms with E-state index in [9.17, 15) is 9.18 Å². The van der Waals surface area contributed by atoms with Crippen molar-refractivity contribution in [2.24, 2.45) is 11.8 Å². The number of thiazole rings is 1. The van der Waals surface area contributed by atoms with Crippen LogP contribution in [-0.4, -0.2) is 24.0 Å². The van der Waals surface area contributed by atoms with Gasteiger partial charge < -0.3 is 10.6 Å². The Morgan fingerprint density at radius 3 is 3.17 bits per heavy atom. The molecule has 2 N–H and O–H groups in total. The van der Waals surface area contributed by atoms with Crippen LogP contribution in [0.5, 0.6) is 0 Å². The van der Waals surface area contributed by atoms with E-state index in [1.165, 1.54) is 36.3 Å². The second-order valence-electron chi connectivity index (χ2n) is 6.38. The van der Waals surface area contributed by atoms with Gasteiger partial charge in [0.25, 0.3) is 0 Å². The minimum atomic E-state index is -0.291. The summed E-state index contributed by atoms with van der Waals surface area (Å²) in [5.41, 5.74) is 1.40. The van der Waals surface area contributed by atoms with Gasteiger partial charge in [0.15, 0.2) is 5.13 Å². The second kappa shape index (κ2) is 7.85. The lowest BCUT2D eigenvalue weighted by molar-refractivity contribution is -0.117. The standard InChI is InChI=1S/C18H22FN3OS/c1-12(14-5-3-7-20-10-14)8-17(23)22-18-21-16(11-24-18)13-4-2-6-15(19)9-13/h2,4,6,9,11-12,14,20H,3,5,7-8,10H2,1H3,(H,21,22,23). The molecule has 1 amide bonds. The zero-order chi connectivity index (χ0) is 16.9. The van der Waals surface area contributed by atoms with Crippen LogP contribution in [-0.2, 0) is 4.79 Å². The Balaban J connectivity index is 1.57. The minimum absolute atomic E-state index is 0.00628. The summed E-state index contributed by atoms with van der Waals surface area (Å²) in [4.78, 5) is 16.6. The Morgan fingerprint density at radius 2 is 2.42 bits per heavy atom. The molecule has 1 aliphatic rings. The molecule has 6 heteroatoms. The number of benzene rings is 1. The van der Waals surface area contributed by atoms with Crippen LogP contribution in [0.1, 0.15) is 26.2 Å². The van der Waals surface area contributed by atoms with E-state index in [1.54, 1.807) is 6.07 Å². The molecule has 0 radical (unpaired) electrons. The lowest BCUT2D eigenvalue weighted by Gasteiger charge is -2.27. The molecule has 1 aliphatic heterocycles. The molecule has 0 bridgehead atoms. The summed E-state index contributed by atoms with van der Waals surface area (Å²) in [6, 6.07) is 6.31. The summed E-state index contributed by atoms with van der Waals surface area (Å²) < 4.78 is 13.3. The number of hydrogen-bond acceptors (Lipinski definition) is 4. The number of amides is 1. The van der Waals surface area contributed by atoms with Crippen molar-refractivity contribution in [1.29, 1.82) is 0 Å². The van der Waals surface area contributed by atoms with E-state index >= 15 is 0 Å². The molecule has 1 saturated heterocycles. The van der Waals surface area contributed by atoms with Gasteiger partial charge >= 0.3 is 0 Å². The smallest absolute Gasteiger partial charge is 0.226 e. The van der Waals surface area contributed by atoms with Crippen molar-refractivity contribution >= 4 is 22.4 Å². The zero-order valence-corrected chi connectivity index (χ0v) is 14.5. The number of carbonyl (C=O) groups is 1. The van der Waals surface area contributed by atoms with Crippen molar-refractivity contribution in [3.05, 3.63) is 35.5 Å². The van der Waals surface area contributed by atoms with Crippen molar-refractivity contribution in [3.63, 3.8) is 0 Å². The average molecular weight is 347 g/mol. The Kier molecular flexibility index (Phi) is 5.58. The van der Waals surface area contributed by atoms with E-state index in [4.69, 9.17) is 0 Å². The van der Waals surface area contributed by atoms with Gasteiger partial charge in [0.2, 0.25) is 5.91 Å². The van der Waals surface area contributed by atoms with Gasteiger partial charge in [0.05, 0.1) is 5.69 Å². The van der Waals surface area contributed by atoms with E-state index in [0.29, 0.717) is 34.6 Å². The Bertz CT molecular complexity index is 697. The zero-order valence-electron chi connectivity index (χ0n) is 13.7. The number of nitrogens with zero attached hydrogens (tertiary/aromatic N) is 1. The highest BCUT2D eigenvalue weighted by Crippen LogP contribution is 2.27. The Labute approximate surface area is 145 Å². The molecule has 4 nitrogen and oxygen atoms in total. The summed E-state index contributed by atoms with van der Waals surface area (Å²) >= 11 is 1.36. The van der Waals surface area contributed by atoms with Crippen molar-refractivity contribution in [3.8, 4) is 11.3 Å². The maximum Gasteiger partial charge on any atom is 0.226 e. The summed E-state index contributed by atoms with van der Waals surface area (Å²) in [7, 11) is 0. The summed E-state index contributed by atoms with van der Waals surface area (Å²) in [6.45, 7) is 4.21. The largest absolute Gasteiger partial charge is 0.316 e. The topological polar surface area (TPSA) is 54.0 Å². The number of rotatable bonds is 5. The lowest BCUT2D eigenvalue weighted by Crippen LogP contribution is -2.34. The molecule has 0 aliphatic carbocycles. The van der Waals surface area contributed by atoms with Crippen LogP contribution in [0, 0.1) is 17.7 Å². The normalized spacial score (nSPS) is 19.0. The van der Waals surface area contributed by atoms with E-state index in [0.717, 1.165) is 13.1 Å². The van der Waals surface area contributed by atoms with Gasteiger partial charge in [-0.1, -0.05) is 19.1 Å². The van der Waals surface area contributed by atoms with Gasteiger partial charge in [0, 0.05) is 17.4 Å². The van der Waals surface area contributed by atoms with E-state index in [1.807, 2.05) is 11.4 Å². The molecule has 128 valence electrons. The van der Waals surface area contributed by atoms with Gasteiger partial charge in [-0.2, -0.15) is 0 Å². The molecule has 1 aromatic carbocycles. The van der Waals surface area contributed by atoms with E-state index in [-0.39, 0.29) is 11.7 Å². The fourth-order valence-corrected chi connectivity index (χ4v) is 3.84. The molecule has 2 unspecified atom stereocenters. The van der Waals surface area contributed by atoms with Crippen molar-refractivity contribution < 1.29 is 9.18 Å². The lowest BCUT2D eigenvalue weighted by atomic mass is 9.85. The first-order valence-corrected chi connectivity index (χ1v) is 9.22. The quantitative estimate of drug-likeness (QED) is 0.862. The number of anilines is 1. The van der Waals surface area contributed by atoms with Crippen molar-refractivity contribution in [1.82, 2.24) is 10.3 Å². The molecular formula is C18H22FN3OS. The predicted molar refractivity (Wildman–Crippen MR) is 95.5 cm³/mol. The van der Waals surface area contributed by atoms with Crippen LogP contribution in [0.2, 0.25) is 0 Å². The molecule has 2 heterocycles. The molecule has 1 fully saturated rings. The number of piperidine rings is 1. The molecule has 2 aromatic rings. The number of hydrogen-bond donors (Lipinski definition) is 2. The van der Waals surface area contributed by atoms with Gasteiger partial charge in [-0.15, -0.1) is 11.3 Å². The van der Waals surface area contributed by atoms with Gasteiger partial charge in [-0.25, -0.2) is 9.37 Å². The highest BCUT2D eigenvalue weighted by molar-refractivity contribution is 7.14. The minimum Gasteiger partial charge on any atom is -0.316 e. The second-order valence-corrected chi connectivity index (χ2v) is 7.24. The maximum absolute atomic E-state index is 13.3. The molecular weight excluding hydrogens is 325 g/mol. The third kappa shape index (κ3) is 4.39. The van der Waals surface area contributed by atoms with Crippen LogP contribution in [0.15, 0.2) is 29.6 Å². The highest BCUT2D eigenvalue weighted by atomic mass is 32.1. The highest BCUT2D eigenvalue weighted by Gasteiger charge is 2.22. The summed E-state index contributed by atoms with van der Waals surface area (Å²) in [5.74, 6) is 0.610. The van der Waals surface area contributed by atoms with Crippen LogP contribution in [0.25, 0.3) is 11.3 Å². The number of halogens is 1. The Hall–Kier alpha value is -1.79. The molecule has 0 spiro atoms. The predicted octanol–water partition coefficient (Wildman–Crippen LogP) is 3.91. The van der Waals surface area contributed by atoms with Crippen molar-refractivity contribution in [2.45, 2.75) is 26.2 Å². The first-order chi connectivity index (χ1) is 11.6. The maximum atomic E-state index is 13.3. The van der Waals surface area contributed by atoms with Crippen molar-refractivity contribution in [2.75, 3.05) is 18.4 Å². The number of carbonyl (C=O) groups excluding carboxylic acids is 1. The summed E-state index contributed by atoms with van der Waals surface area (Å²) in [5, 5.41) is 8.66. The number of nitrogens with one attached hydrogen (secondary N) is 2. The molecule has 3 rings (SSSR count). The van der Waals surface area contributed by atoms with Gasteiger partial charge in [-0.3, -0.25) is 4.79 Å². The fraction of sp³-hybridized carbons (Fsp3) is 0.444. The Morgan fingerprint density at radius 1 is 1.54 bits per heavy atom. The fourth-order valence-electron chi connectivity index (χ4n) is 3.11. The average Bonchev–Trinajstić information content (AvgIpc) is 3.04.